The minimum atomic E-state index is -0.115. The van der Waals surface area contributed by atoms with Crippen LogP contribution in [0.3, 0.4) is 0 Å². The van der Waals surface area contributed by atoms with E-state index in [4.69, 9.17) is 5.73 Å². The predicted octanol–water partition coefficient (Wildman–Crippen LogP) is 5.37. The van der Waals surface area contributed by atoms with Crippen LogP contribution in [-0.2, 0) is 11.2 Å². The number of hydrogen-bond donors (Lipinski definition) is 2. The summed E-state index contributed by atoms with van der Waals surface area (Å²) in [5, 5.41) is 23.0. The highest BCUT2D eigenvalue weighted by Crippen LogP contribution is 2.36. The van der Waals surface area contributed by atoms with Gasteiger partial charge in [0.25, 0.3) is 0 Å². The molecule has 0 aliphatic carbocycles. The van der Waals surface area contributed by atoms with Crippen LogP contribution in [0.1, 0.15) is 41.2 Å². The van der Waals surface area contributed by atoms with Gasteiger partial charge in [0.05, 0.1) is 5.56 Å². The summed E-state index contributed by atoms with van der Waals surface area (Å²) >= 11 is 1.28. The van der Waals surface area contributed by atoms with Gasteiger partial charge < -0.3 is 11.1 Å². The van der Waals surface area contributed by atoms with E-state index in [0.717, 1.165) is 34.4 Å². The highest BCUT2D eigenvalue weighted by molar-refractivity contribution is 7.99. The van der Waals surface area contributed by atoms with E-state index in [9.17, 15) is 15.3 Å². The normalized spacial score (nSPS) is 10.3. The quantitative estimate of drug-likeness (QED) is 0.463. The van der Waals surface area contributed by atoms with Crippen molar-refractivity contribution in [2.45, 2.75) is 38.6 Å². The van der Waals surface area contributed by atoms with Crippen LogP contribution in [0.5, 0.6) is 0 Å². The van der Waals surface area contributed by atoms with Crippen LogP contribution in [0, 0.1) is 36.5 Å². The summed E-state index contributed by atoms with van der Waals surface area (Å²) in [6.45, 7) is 5.97. The SMILES string of the molecule is CCc1ccc(-c2c(C#N)c(N)nc(SCCC(=O)Nc3c(C)cccc3C)c2C#N)cc1. The van der Waals surface area contributed by atoms with Gasteiger partial charge in [0.2, 0.25) is 5.91 Å². The highest BCUT2D eigenvalue weighted by Gasteiger charge is 2.20. The van der Waals surface area contributed by atoms with E-state index in [1.165, 1.54) is 11.8 Å². The Labute approximate surface area is 198 Å². The molecule has 1 aromatic heterocycles. The Bertz CT molecular complexity index is 1250. The van der Waals surface area contributed by atoms with Crippen LogP contribution in [-0.4, -0.2) is 16.6 Å². The molecule has 0 unspecified atom stereocenters. The zero-order chi connectivity index (χ0) is 24.0. The summed E-state index contributed by atoms with van der Waals surface area (Å²) in [6.07, 6.45) is 1.13. The summed E-state index contributed by atoms with van der Waals surface area (Å²) in [7, 11) is 0. The molecule has 7 heteroatoms. The summed E-state index contributed by atoms with van der Waals surface area (Å²) in [5.41, 5.74) is 11.8. The number of nitrogens with two attached hydrogens (primary N) is 1. The molecular weight excluding hydrogens is 430 g/mol. The van der Waals surface area contributed by atoms with Gasteiger partial charge in [-0.05, 0) is 42.5 Å². The van der Waals surface area contributed by atoms with Gasteiger partial charge in [-0.25, -0.2) is 4.98 Å². The van der Waals surface area contributed by atoms with Crippen LogP contribution in [0.25, 0.3) is 11.1 Å². The molecule has 3 N–H and O–H groups in total. The number of benzene rings is 2. The fourth-order valence-electron chi connectivity index (χ4n) is 3.55. The van der Waals surface area contributed by atoms with Crippen LogP contribution in [0.4, 0.5) is 11.5 Å². The molecule has 0 aliphatic heterocycles. The third-order valence-corrected chi connectivity index (χ3v) is 6.36. The van der Waals surface area contributed by atoms with Crippen molar-refractivity contribution in [3.8, 4) is 23.3 Å². The van der Waals surface area contributed by atoms with Crippen LogP contribution in [0.15, 0.2) is 47.5 Å². The van der Waals surface area contributed by atoms with Crippen molar-refractivity contribution in [1.82, 2.24) is 4.98 Å². The van der Waals surface area contributed by atoms with Gasteiger partial charge in [0.1, 0.15) is 28.5 Å². The van der Waals surface area contributed by atoms with E-state index in [-0.39, 0.29) is 23.7 Å². The van der Waals surface area contributed by atoms with Crippen molar-refractivity contribution in [1.29, 1.82) is 10.5 Å². The second kappa shape index (κ2) is 10.7. The fraction of sp³-hybridized carbons (Fsp3) is 0.231. The van der Waals surface area contributed by atoms with Crippen molar-refractivity contribution < 1.29 is 4.79 Å². The lowest BCUT2D eigenvalue weighted by atomic mass is 9.96. The molecule has 0 saturated carbocycles. The molecule has 3 aromatic rings. The minimum absolute atomic E-state index is 0.0774. The average Bonchev–Trinajstić information content (AvgIpc) is 2.81. The Morgan fingerprint density at radius 2 is 1.70 bits per heavy atom. The Balaban J connectivity index is 1.83. The number of carbonyl (C=O) groups is 1. The topological polar surface area (TPSA) is 116 Å². The Morgan fingerprint density at radius 3 is 2.27 bits per heavy atom. The molecule has 0 bridgehead atoms. The van der Waals surface area contributed by atoms with E-state index in [1.807, 2.05) is 56.3 Å². The molecule has 0 spiro atoms. The number of aromatic nitrogens is 1. The molecule has 2 aromatic carbocycles. The van der Waals surface area contributed by atoms with Crippen LogP contribution < -0.4 is 11.1 Å². The number of para-hydroxylation sites is 1. The second-order valence-electron chi connectivity index (χ2n) is 7.61. The summed E-state index contributed by atoms with van der Waals surface area (Å²) in [4.78, 5) is 16.8. The van der Waals surface area contributed by atoms with Gasteiger partial charge in [0, 0.05) is 23.4 Å². The Hall–Kier alpha value is -3.81. The molecule has 33 heavy (non-hydrogen) atoms. The van der Waals surface area contributed by atoms with Crippen molar-refractivity contribution in [2.24, 2.45) is 0 Å². The van der Waals surface area contributed by atoms with Crippen molar-refractivity contribution in [2.75, 3.05) is 16.8 Å². The number of amides is 1. The van der Waals surface area contributed by atoms with Gasteiger partial charge in [-0.2, -0.15) is 10.5 Å². The van der Waals surface area contributed by atoms with Gasteiger partial charge in [0.15, 0.2) is 0 Å². The first-order valence-electron chi connectivity index (χ1n) is 10.6. The maximum Gasteiger partial charge on any atom is 0.225 e. The van der Waals surface area contributed by atoms with Crippen molar-refractivity contribution >= 4 is 29.2 Å². The Morgan fingerprint density at radius 1 is 1.06 bits per heavy atom. The fourth-order valence-corrected chi connectivity index (χ4v) is 4.49. The summed E-state index contributed by atoms with van der Waals surface area (Å²) in [6, 6.07) is 17.9. The number of rotatable bonds is 7. The third-order valence-electron chi connectivity index (χ3n) is 5.38. The lowest BCUT2D eigenvalue weighted by molar-refractivity contribution is -0.115. The number of hydrogen-bond acceptors (Lipinski definition) is 6. The highest BCUT2D eigenvalue weighted by atomic mass is 32.2. The zero-order valence-corrected chi connectivity index (χ0v) is 19.7. The molecule has 1 amide bonds. The maximum absolute atomic E-state index is 12.5. The first-order valence-corrected chi connectivity index (χ1v) is 11.6. The maximum atomic E-state index is 12.5. The Kier molecular flexibility index (Phi) is 7.71. The molecule has 0 radical (unpaired) electrons. The average molecular weight is 456 g/mol. The number of thioether (sulfide) groups is 1. The number of nitrogen functional groups attached to an aromatic ring is 1. The smallest absolute Gasteiger partial charge is 0.225 e. The molecule has 0 atom stereocenters. The lowest BCUT2D eigenvalue weighted by Gasteiger charge is -2.14. The molecular formula is C26H25N5OS. The standard InChI is InChI=1S/C26H25N5OS/c1-4-18-8-10-19(11-9-18)23-20(14-27)25(29)31-26(21(23)15-28)33-13-12-22(32)30-24-16(2)6-5-7-17(24)3/h5-11H,4,12-13H2,1-3H3,(H2,29,31)(H,30,32). The number of pyridine rings is 1. The van der Waals surface area contributed by atoms with Crippen LogP contribution in [0.2, 0.25) is 0 Å². The predicted molar refractivity (Wildman–Crippen MR) is 133 cm³/mol. The third kappa shape index (κ3) is 5.34. The van der Waals surface area contributed by atoms with E-state index < -0.39 is 0 Å². The van der Waals surface area contributed by atoms with E-state index in [2.05, 4.69) is 29.4 Å². The van der Waals surface area contributed by atoms with Gasteiger partial charge in [-0.3, -0.25) is 4.79 Å². The largest absolute Gasteiger partial charge is 0.383 e. The van der Waals surface area contributed by atoms with Crippen molar-refractivity contribution in [3.63, 3.8) is 0 Å². The zero-order valence-electron chi connectivity index (χ0n) is 18.9. The van der Waals surface area contributed by atoms with E-state index >= 15 is 0 Å². The van der Waals surface area contributed by atoms with E-state index in [0.29, 0.717) is 21.9 Å². The van der Waals surface area contributed by atoms with Crippen LogP contribution >= 0.6 is 11.8 Å². The number of nitriles is 2. The molecule has 0 saturated heterocycles. The molecule has 166 valence electrons. The first-order chi connectivity index (χ1) is 15.9. The lowest BCUT2D eigenvalue weighted by Crippen LogP contribution is -2.14. The van der Waals surface area contributed by atoms with Crippen molar-refractivity contribution in [3.05, 3.63) is 70.3 Å². The number of nitrogens with zero attached hydrogens (tertiary/aromatic N) is 3. The molecule has 0 fully saturated rings. The van der Waals surface area contributed by atoms with Gasteiger partial charge >= 0.3 is 0 Å². The number of nitrogens with one attached hydrogen (secondary N) is 1. The molecule has 1 heterocycles. The first kappa shape index (κ1) is 23.8. The minimum Gasteiger partial charge on any atom is -0.383 e. The van der Waals surface area contributed by atoms with E-state index in [1.54, 1.807) is 0 Å². The molecule has 0 aliphatic rings. The monoisotopic (exact) mass is 455 g/mol. The number of aryl methyl sites for hydroxylation is 3. The second-order valence-corrected chi connectivity index (χ2v) is 8.70. The molecule has 3 rings (SSSR count). The number of carbonyl (C=O) groups excluding carboxylic acids is 1. The molecule has 6 nitrogen and oxygen atoms in total. The summed E-state index contributed by atoms with van der Waals surface area (Å²) in [5.74, 6) is 0.377. The van der Waals surface area contributed by atoms with Gasteiger partial charge in [-0.1, -0.05) is 49.4 Å². The van der Waals surface area contributed by atoms with Gasteiger partial charge in [-0.15, -0.1) is 11.8 Å². The number of anilines is 2. The summed E-state index contributed by atoms with van der Waals surface area (Å²) < 4.78 is 0.